The van der Waals surface area contributed by atoms with Gasteiger partial charge in [-0.25, -0.2) is 4.98 Å². The van der Waals surface area contributed by atoms with Gasteiger partial charge < -0.3 is 5.32 Å². The molecule has 184 valence electrons. The van der Waals surface area contributed by atoms with Crippen molar-refractivity contribution in [3.63, 3.8) is 0 Å². The first-order valence-corrected chi connectivity index (χ1v) is 11.6. The van der Waals surface area contributed by atoms with Gasteiger partial charge in [-0.15, -0.1) is 0 Å². The highest BCUT2D eigenvalue weighted by atomic mass is 19.4. The van der Waals surface area contributed by atoms with Crippen molar-refractivity contribution in [3.05, 3.63) is 93.2 Å². The number of nitrogens with zero attached hydrogens (tertiary/aromatic N) is 3. The summed E-state index contributed by atoms with van der Waals surface area (Å²) in [5, 5.41) is 2.58. The maximum absolute atomic E-state index is 13.3. The number of benzene rings is 2. The molecule has 0 bridgehead atoms. The van der Waals surface area contributed by atoms with Crippen molar-refractivity contribution in [2.45, 2.75) is 52.0 Å². The number of carbonyl (C=O) groups excluding carboxylic acids is 1. The molecular formula is C26H27F3N4O2. The molecule has 0 saturated heterocycles. The fourth-order valence-electron chi connectivity index (χ4n) is 4.27. The summed E-state index contributed by atoms with van der Waals surface area (Å²) in [6, 6.07) is 14.3. The number of amides is 1. The first-order chi connectivity index (χ1) is 16.7. The van der Waals surface area contributed by atoms with E-state index in [0.717, 1.165) is 30.8 Å². The fourth-order valence-corrected chi connectivity index (χ4v) is 4.27. The second-order valence-electron chi connectivity index (χ2n) is 8.66. The molecule has 0 spiro atoms. The summed E-state index contributed by atoms with van der Waals surface area (Å²) in [5.74, 6) is 0.0489. The van der Waals surface area contributed by atoms with Crippen LogP contribution in [0.4, 0.5) is 18.9 Å². The fraction of sp³-hybridized carbons (Fsp3) is 0.346. The van der Waals surface area contributed by atoms with Crippen molar-refractivity contribution in [1.29, 1.82) is 0 Å². The number of hydrogen-bond acceptors (Lipinski definition) is 4. The Balaban J connectivity index is 1.51. The Kier molecular flexibility index (Phi) is 7.35. The molecule has 35 heavy (non-hydrogen) atoms. The summed E-state index contributed by atoms with van der Waals surface area (Å²) in [6.45, 7) is 3.77. The average Bonchev–Trinajstić information content (AvgIpc) is 2.82. The Hall–Kier alpha value is -3.46. The predicted molar refractivity (Wildman–Crippen MR) is 127 cm³/mol. The van der Waals surface area contributed by atoms with Crippen molar-refractivity contribution >= 4 is 11.6 Å². The molecule has 4 rings (SSSR count). The summed E-state index contributed by atoms with van der Waals surface area (Å²) in [4.78, 5) is 33.0. The molecule has 1 amide bonds. The van der Waals surface area contributed by atoms with E-state index in [1.807, 2.05) is 25.1 Å². The van der Waals surface area contributed by atoms with Crippen LogP contribution in [0.1, 0.15) is 41.6 Å². The molecule has 1 aromatic heterocycles. The molecule has 2 aromatic carbocycles. The Labute approximate surface area is 201 Å². The number of alkyl halides is 3. The third kappa shape index (κ3) is 5.97. The summed E-state index contributed by atoms with van der Waals surface area (Å²) < 4.78 is 39.7. The van der Waals surface area contributed by atoms with Gasteiger partial charge in [-0.05, 0) is 42.7 Å². The van der Waals surface area contributed by atoms with Gasteiger partial charge in [-0.1, -0.05) is 37.3 Å². The molecule has 1 aliphatic rings. The lowest BCUT2D eigenvalue weighted by atomic mass is 10.0. The van der Waals surface area contributed by atoms with Gasteiger partial charge in [0.1, 0.15) is 12.4 Å². The minimum absolute atomic E-state index is 0.222. The largest absolute Gasteiger partial charge is 0.416 e. The smallest absolute Gasteiger partial charge is 0.325 e. The van der Waals surface area contributed by atoms with E-state index in [0.29, 0.717) is 37.3 Å². The number of aryl methyl sites for hydroxylation is 1. The van der Waals surface area contributed by atoms with E-state index in [1.54, 1.807) is 0 Å². The van der Waals surface area contributed by atoms with Crippen LogP contribution in [0.3, 0.4) is 0 Å². The normalized spacial score (nSPS) is 13.9. The Morgan fingerprint density at radius 1 is 1.09 bits per heavy atom. The van der Waals surface area contributed by atoms with Gasteiger partial charge in [0, 0.05) is 37.3 Å². The molecule has 1 N–H and O–H groups in total. The standard InChI is InChI=1S/C26H27F3N4O2/c1-2-6-23-31-22-16-32(15-18-7-4-3-5-8-18)14-13-21(22)25(35)33(23)17-24(34)30-20-11-9-19(10-12-20)26(27,28)29/h3-5,7-12H,2,6,13-17H2,1H3,(H,30,34). The highest BCUT2D eigenvalue weighted by molar-refractivity contribution is 5.90. The lowest BCUT2D eigenvalue weighted by Crippen LogP contribution is -2.40. The molecule has 2 heterocycles. The lowest BCUT2D eigenvalue weighted by Gasteiger charge is -2.29. The van der Waals surface area contributed by atoms with E-state index >= 15 is 0 Å². The van der Waals surface area contributed by atoms with E-state index in [-0.39, 0.29) is 17.8 Å². The van der Waals surface area contributed by atoms with Gasteiger partial charge >= 0.3 is 6.18 Å². The van der Waals surface area contributed by atoms with Crippen molar-refractivity contribution in [2.24, 2.45) is 0 Å². The number of rotatable bonds is 7. The number of anilines is 1. The zero-order valence-corrected chi connectivity index (χ0v) is 19.4. The molecule has 1 aliphatic heterocycles. The first-order valence-electron chi connectivity index (χ1n) is 11.6. The van der Waals surface area contributed by atoms with Crippen molar-refractivity contribution in [3.8, 4) is 0 Å². The van der Waals surface area contributed by atoms with Crippen molar-refractivity contribution < 1.29 is 18.0 Å². The zero-order chi connectivity index (χ0) is 25.0. The van der Waals surface area contributed by atoms with E-state index in [1.165, 1.54) is 22.3 Å². The number of aromatic nitrogens is 2. The van der Waals surface area contributed by atoms with Gasteiger partial charge in [0.15, 0.2) is 0 Å². The highest BCUT2D eigenvalue weighted by Crippen LogP contribution is 2.29. The van der Waals surface area contributed by atoms with Gasteiger partial charge in [-0.2, -0.15) is 13.2 Å². The minimum Gasteiger partial charge on any atom is -0.325 e. The SMILES string of the molecule is CCCc1nc2c(c(=O)n1CC(=O)Nc1ccc(C(F)(F)F)cc1)CCN(Cc1ccccc1)C2. The molecule has 0 radical (unpaired) electrons. The molecule has 0 fully saturated rings. The van der Waals surface area contributed by atoms with Crippen LogP contribution in [0.2, 0.25) is 0 Å². The summed E-state index contributed by atoms with van der Waals surface area (Å²) in [7, 11) is 0. The van der Waals surface area contributed by atoms with Crippen LogP contribution in [0.25, 0.3) is 0 Å². The third-order valence-corrected chi connectivity index (χ3v) is 6.00. The Morgan fingerprint density at radius 3 is 2.46 bits per heavy atom. The molecule has 0 unspecified atom stereocenters. The first kappa shape index (κ1) is 24.7. The van der Waals surface area contributed by atoms with Crippen LogP contribution in [0.15, 0.2) is 59.4 Å². The number of halogens is 3. The van der Waals surface area contributed by atoms with E-state index < -0.39 is 17.6 Å². The topological polar surface area (TPSA) is 67.2 Å². The maximum Gasteiger partial charge on any atom is 0.416 e. The van der Waals surface area contributed by atoms with Crippen LogP contribution in [-0.2, 0) is 43.4 Å². The number of carbonyl (C=O) groups is 1. The van der Waals surface area contributed by atoms with Crippen LogP contribution in [0, 0.1) is 0 Å². The van der Waals surface area contributed by atoms with Crippen molar-refractivity contribution in [2.75, 3.05) is 11.9 Å². The van der Waals surface area contributed by atoms with Crippen LogP contribution in [0.5, 0.6) is 0 Å². The van der Waals surface area contributed by atoms with Gasteiger partial charge in [0.2, 0.25) is 5.91 Å². The Bertz CT molecular complexity index is 1240. The van der Waals surface area contributed by atoms with Crippen LogP contribution >= 0.6 is 0 Å². The minimum atomic E-state index is -4.45. The summed E-state index contributed by atoms with van der Waals surface area (Å²) in [6.07, 6.45) is -2.62. The average molecular weight is 485 g/mol. The zero-order valence-electron chi connectivity index (χ0n) is 19.4. The lowest BCUT2D eigenvalue weighted by molar-refractivity contribution is -0.137. The second-order valence-corrected chi connectivity index (χ2v) is 8.66. The molecule has 0 saturated carbocycles. The van der Waals surface area contributed by atoms with Gasteiger partial charge in [-0.3, -0.25) is 19.1 Å². The van der Waals surface area contributed by atoms with E-state index in [9.17, 15) is 22.8 Å². The molecule has 6 nitrogen and oxygen atoms in total. The van der Waals surface area contributed by atoms with Crippen LogP contribution < -0.4 is 10.9 Å². The number of fused-ring (bicyclic) bond motifs is 1. The quantitative estimate of drug-likeness (QED) is 0.540. The highest BCUT2D eigenvalue weighted by Gasteiger charge is 2.30. The van der Waals surface area contributed by atoms with Crippen molar-refractivity contribution in [1.82, 2.24) is 14.5 Å². The molecule has 9 heteroatoms. The molecule has 3 aromatic rings. The number of hydrogen-bond donors (Lipinski definition) is 1. The Morgan fingerprint density at radius 2 is 1.80 bits per heavy atom. The van der Waals surface area contributed by atoms with Gasteiger partial charge in [0.05, 0.1) is 11.3 Å². The third-order valence-electron chi connectivity index (χ3n) is 6.00. The maximum atomic E-state index is 13.3. The molecular weight excluding hydrogens is 457 g/mol. The van der Waals surface area contributed by atoms with E-state index in [2.05, 4.69) is 22.3 Å². The van der Waals surface area contributed by atoms with Crippen LogP contribution in [-0.4, -0.2) is 26.9 Å². The predicted octanol–water partition coefficient (Wildman–Crippen LogP) is 4.41. The molecule has 0 atom stereocenters. The van der Waals surface area contributed by atoms with E-state index in [4.69, 9.17) is 4.98 Å². The van der Waals surface area contributed by atoms with Gasteiger partial charge in [0.25, 0.3) is 5.56 Å². The second kappa shape index (κ2) is 10.4. The number of nitrogens with one attached hydrogen (secondary N) is 1. The summed E-state index contributed by atoms with van der Waals surface area (Å²) >= 11 is 0. The molecule has 0 aliphatic carbocycles. The summed E-state index contributed by atoms with van der Waals surface area (Å²) in [5.41, 5.74) is 1.78. The monoisotopic (exact) mass is 484 g/mol.